The number of amides is 1. The summed E-state index contributed by atoms with van der Waals surface area (Å²) in [6, 6.07) is 3.53. The van der Waals surface area contributed by atoms with Crippen LogP contribution >= 0.6 is 0 Å². The van der Waals surface area contributed by atoms with Gasteiger partial charge in [0.25, 0.3) is 5.91 Å². The van der Waals surface area contributed by atoms with E-state index in [1.807, 2.05) is 0 Å². The van der Waals surface area contributed by atoms with Crippen LogP contribution in [0.4, 0.5) is 5.82 Å². The first kappa shape index (κ1) is 17.7. The number of pyridine rings is 1. The van der Waals surface area contributed by atoms with Crippen LogP contribution in [0.15, 0.2) is 18.3 Å². The molecule has 1 fully saturated rings. The van der Waals surface area contributed by atoms with Crippen molar-refractivity contribution in [3.63, 3.8) is 0 Å². The third-order valence-corrected chi connectivity index (χ3v) is 5.25. The van der Waals surface area contributed by atoms with Gasteiger partial charge in [0.1, 0.15) is 5.82 Å². The molecule has 2 heterocycles. The lowest BCUT2D eigenvalue weighted by Gasteiger charge is -2.19. The molecule has 1 aliphatic rings. The van der Waals surface area contributed by atoms with Gasteiger partial charge in [0, 0.05) is 39.4 Å². The first-order chi connectivity index (χ1) is 10.9. The number of rotatable bonds is 7. The monoisotopic (exact) mass is 340 g/mol. The summed E-state index contributed by atoms with van der Waals surface area (Å²) in [6.07, 6.45) is 5.68. The Hall–Kier alpha value is -1.67. The normalized spacial score (nSPS) is 15.2. The highest BCUT2D eigenvalue weighted by Crippen LogP contribution is 2.21. The first-order valence-electron chi connectivity index (χ1n) is 7.79. The van der Waals surface area contributed by atoms with E-state index in [2.05, 4.69) is 15.2 Å². The van der Waals surface area contributed by atoms with Gasteiger partial charge in [-0.1, -0.05) is 0 Å². The van der Waals surface area contributed by atoms with Gasteiger partial charge < -0.3 is 10.2 Å². The molecule has 0 aromatic carbocycles. The molecule has 0 bridgehead atoms. The van der Waals surface area contributed by atoms with Crippen LogP contribution in [0.5, 0.6) is 0 Å². The van der Waals surface area contributed by atoms with Crippen LogP contribution in [-0.2, 0) is 10.0 Å². The number of anilines is 1. The van der Waals surface area contributed by atoms with Gasteiger partial charge in [-0.05, 0) is 31.4 Å². The Kier molecular flexibility index (Phi) is 5.95. The Labute approximate surface area is 137 Å². The highest BCUT2D eigenvalue weighted by Gasteiger charge is 2.20. The van der Waals surface area contributed by atoms with Gasteiger partial charge in [-0.2, -0.15) is 0 Å². The van der Waals surface area contributed by atoms with E-state index >= 15 is 0 Å². The van der Waals surface area contributed by atoms with Crippen molar-refractivity contribution in [3.05, 3.63) is 23.9 Å². The fraction of sp³-hybridized carbons (Fsp3) is 0.600. The van der Waals surface area contributed by atoms with E-state index in [0.717, 1.165) is 31.7 Å². The molecule has 1 aliphatic heterocycles. The minimum absolute atomic E-state index is 0.165. The van der Waals surface area contributed by atoms with Crippen LogP contribution in [-0.4, -0.2) is 63.1 Å². The zero-order valence-electron chi connectivity index (χ0n) is 13.7. The van der Waals surface area contributed by atoms with Crippen molar-refractivity contribution in [1.29, 1.82) is 0 Å². The zero-order chi connectivity index (χ0) is 16.9. The molecule has 2 rings (SSSR count). The standard InChI is InChI=1S/C15H24N4O3S/c1-18(23(2,21)22)10-6-9-17-15(20)13-7-5-8-16-14(13)19-11-3-4-12-19/h5,7-8H,3-4,6,9-12H2,1-2H3,(H,17,20). The fourth-order valence-electron chi connectivity index (χ4n) is 2.52. The summed E-state index contributed by atoms with van der Waals surface area (Å²) >= 11 is 0. The molecule has 0 unspecified atom stereocenters. The highest BCUT2D eigenvalue weighted by molar-refractivity contribution is 7.88. The quantitative estimate of drug-likeness (QED) is 0.739. The Morgan fingerprint density at radius 3 is 2.74 bits per heavy atom. The maximum absolute atomic E-state index is 12.4. The minimum atomic E-state index is -3.17. The molecule has 0 radical (unpaired) electrons. The average molecular weight is 340 g/mol. The highest BCUT2D eigenvalue weighted by atomic mass is 32.2. The molecular weight excluding hydrogens is 316 g/mol. The predicted molar refractivity (Wildman–Crippen MR) is 90.1 cm³/mol. The Morgan fingerprint density at radius 2 is 2.09 bits per heavy atom. The van der Waals surface area contributed by atoms with E-state index in [1.165, 1.54) is 17.6 Å². The summed E-state index contributed by atoms with van der Waals surface area (Å²) in [4.78, 5) is 18.8. The second-order valence-electron chi connectivity index (χ2n) is 5.76. The lowest BCUT2D eigenvalue weighted by molar-refractivity contribution is 0.0953. The number of nitrogens with zero attached hydrogens (tertiary/aromatic N) is 3. The number of aromatic nitrogens is 1. The van der Waals surface area contributed by atoms with Crippen molar-refractivity contribution in [2.24, 2.45) is 0 Å². The molecule has 1 N–H and O–H groups in total. The second-order valence-corrected chi connectivity index (χ2v) is 7.85. The molecule has 8 heteroatoms. The van der Waals surface area contributed by atoms with Gasteiger partial charge in [0.15, 0.2) is 0 Å². The van der Waals surface area contributed by atoms with Crippen molar-refractivity contribution >= 4 is 21.7 Å². The summed E-state index contributed by atoms with van der Waals surface area (Å²) < 4.78 is 23.9. The largest absolute Gasteiger partial charge is 0.356 e. The molecule has 0 atom stereocenters. The number of carbonyl (C=O) groups is 1. The molecule has 1 aromatic rings. The molecule has 128 valence electrons. The van der Waals surface area contributed by atoms with Gasteiger partial charge in [0.2, 0.25) is 10.0 Å². The van der Waals surface area contributed by atoms with E-state index in [4.69, 9.17) is 0 Å². The van der Waals surface area contributed by atoms with Gasteiger partial charge >= 0.3 is 0 Å². The SMILES string of the molecule is CN(CCCNC(=O)c1cccnc1N1CCCC1)S(C)(=O)=O. The smallest absolute Gasteiger partial charge is 0.255 e. The number of hydrogen-bond donors (Lipinski definition) is 1. The summed E-state index contributed by atoms with van der Waals surface area (Å²) in [7, 11) is -1.64. The second kappa shape index (κ2) is 7.74. The Bertz CT molecular complexity index is 642. The molecule has 23 heavy (non-hydrogen) atoms. The third-order valence-electron chi connectivity index (χ3n) is 3.94. The molecule has 1 aromatic heterocycles. The van der Waals surface area contributed by atoms with Crippen molar-refractivity contribution in [2.45, 2.75) is 19.3 Å². The maximum Gasteiger partial charge on any atom is 0.255 e. The Morgan fingerprint density at radius 1 is 1.39 bits per heavy atom. The van der Waals surface area contributed by atoms with Crippen molar-refractivity contribution in [1.82, 2.24) is 14.6 Å². The van der Waals surface area contributed by atoms with Crippen LogP contribution in [0.25, 0.3) is 0 Å². The van der Waals surface area contributed by atoms with Crippen LogP contribution in [0, 0.1) is 0 Å². The minimum Gasteiger partial charge on any atom is -0.356 e. The van der Waals surface area contributed by atoms with Crippen LogP contribution in [0.2, 0.25) is 0 Å². The average Bonchev–Trinajstić information content (AvgIpc) is 3.04. The molecule has 0 spiro atoms. The van der Waals surface area contributed by atoms with Crippen molar-refractivity contribution < 1.29 is 13.2 Å². The van der Waals surface area contributed by atoms with E-state index in [-0.39, 0.29) is 5.91 Å². The van der Waals surface area contributed by atoms with Crippen molar-refractivity contribution in [2.75, 3.05) is 44.4 Å². The van der Waals surface area contributed by atoms with Crippen LogP contribution in [0.3, 0.4) is 0 Å². The van der Waals surface area contributed by atoms with Gasteiger partial charge in [0.05, 0.1) is 11.8 Å². The molecule has 0 saturated carbocycles. The maximum atomic E-state index is 12.4. The van der Waals surface area contributed by atoms with E-state index < -0.39 is 10.0 Å². The summed E-state index contributed by atoms with van der Waals surface area (Å²) in [5.74, 6) is 0.567. The molecule has 1 amide bonds. The predicted octanol–water partition coefficient (Wildman–Crippen LogP) is 0.693. The summed E-state index contributed by atoms with van der Waals surface area (Å²) in [6.45, 7) is 2.66. The van der Waals surface area contributed by atoms with Crippen LogP contribution in [0.1, 0.15) is 29.6 Å². The first-order valence-corrected chi connectivity index (χ1v) is 9.64. The van der Waals surface area contributed by atoms with Gasteiger partial charge in [-0.25, -0.2) is 17.7 Å². The van der Waals surface area contributed by atoms with E-state index in [1.54, 1.807) is 18.3 Å². The zero-order valence-corrected chi connectivity index (χ0v) is 14.5. The molecule has 1 saturated heterocycles. The van der Waals surface area contributed by atoms with E-state index in [9.17, 15) is 13.2 Å². The molecule has 7 nitrogen and oxygen atoms in total. The number of sulfonamides is 1. The molecule has 0 aliphatic carbocycles. The third kappa shape index (κ3) is 4.90. The van der Waals surface area contributed by atoms with Gasteiger partial charge in [-0.15, -0.1) is 0 Å². The lowest BCUT2D eigenvalue weighted by atomic mass is 10.2. The van der Waals surface area contributed by atoms with E-state index in [0.29, 0.717) is 25.1 Å². The molecular formula is C15H24N4O3S. The van der Waals surface area contributed by atoms with Crippen molar-refractivity contribution in [3.8, 4) is 0 Å². The summed E-state index contributed by atoms with van der Waals surface area (Å²) in [5, 5.41) is 2.84. The topological polar surface area (TPSA) is 82.6 Å². The Balaban J connectivity index is 1.89. The number of hydrogen-bond acceptors (Lipinski definition) is 5. The number of carbonyl (C=O) groups excluding carboxylic acids is 1. The lowest BCUT2D eigenvalue weighted by Crippen LogP contribution is -2.32. The van der Waals surface area contributed by atoms with Crippen LogP contribution < -0.4 is 10.2 Å². The van der Waals surface area contributed by atoms with Gasteiger partial charge in [-0.3, -0.25) is 4.79 Å². The number of nitrogens with one attached hydrogen (secondary N) is 1. The summed E-state index contributed by atoms with van der Waals surface area (Å²) in [5.41, 5.74) is 0.575. The fourth-order valence-corrected chi connectivity index (χ4v) is 2.98.